The summed E-state index contributed by atoms with van der Waals surface area (Å²) in [6.07, 6.45) is 7.97. The Balaban J connectivity index is 1.33. The molecule has 158 valence electrons. The van der Waals surface area contributed by atoms with Gasteiger partial charge in [0.25, 0.3) is 0 Å². The number of aryl methyl sites for hydroxylation is 1. The van der Waals surface area contributed by atoms with Gasteiger partial charge in [0.2, 0.25) is 0 Å². The van der Waals surface area contributed by atoms with Gasteiger partial charge in [0.1, 0.15) is 5.75 Å². The van der Waals surface area contributed by atoms with Crippen molar-refractivity contribution in [2.24, 2.45) is 11.8 Å². The molecule has 0 amide bonds. The number of hydrogen-bond donors (Lipinski definition) is 1. The number of piperidine rings is 1. The first-order chi connectivity index (χ1) is 14.6. The molecule has 3 aromatic rings. The van der Waals surface area contributed by atoms with Crippen LogP contribution >= 0.6 is 15.9 Å². The lowest BCUT2D eigenvalue weighted by molar-refractivity contribution is 0.104. The van der Waals surface area contributed by atoms with Crippen molar-refractivity contribution in [3.05, 3.63) is 70.3 Å². The summed E-state index contributed by atoms with van der Waals surface area (Å²) in [6.45, 7) is 5.78. The molecule has 0 spiro atoms. The molecule has 0 aliphatic carbocycles. The minimum atomic E-state index is 0.320. The van der Waals surface area contributed by atoms with E-state index in [1.165, 1.54) is 54.4 Å². The Kier molecular flexibility index (Phi) is 7.06. The molecule has 1 aliphatic rings. The number of aromatic hydroxyl groups is 1. The number of phenolic OH excluding ortho intramolecular Hbond substituents is 1. The standard InChI is InChI=1S/C26H31BrN2O/c1-2-19-17-29(18-22-6-3-4-9-25(22)27)15-13-20(19)7-5-8-21-12-14-28-26-11-10-23(30)16-24(21)26/h3-4,6,9-12,14,16,19-20,30H,2,5,7-8,13,15,17-18H2,1H3/t19-,20+/m0/s1. The van der Waals surface area contributed by atoms with Gasteiger partial charge < -0.3 is 5.11 Å². The minimum Gasteiger partial charge on any atom is -0.508 e. The molecular weight excluding hydrogens is 436 g/mol. The van der Waals surface area contributed by atoms with E-state index in [1.807, 2.05) is 18.3 Å². The average Bonchev–Trinajstić information content (AvgIpc) is 2.76. The predicted octanol–water partition coefficient (Wildman–Crippen LogP) is 6.57. The quantitative estimate of drug-likeness (QED) is 0.427. The van der Waals surface area contributed by atoms with E-state index in [2.05, 4.69) is 63.1 Å². The van der Waals surface area contributed by atoms with Crippen molar-refractivity contribution in [2.75, 3.05) is 13.1 Å². The van der Waals surface area contributed by atoms with Crippen LogP contribution in [0.3, 0.4) is 0 Å². The molecule has 4 rings (SSSR count). The molecule has 2 aromatic carbocycles. The Labute approximate surface area is 188 Å². The molecule has 4 heteroatoms. The predicted molar refractivity (Wildman–Crippen MR) is 128 cm³/mol. The Morgan fingerprint density at radius 3 is 2.80 bits per heavy atom. The molecule has 3 nitrogen and oxygen atoms in total. The molecule has 0 radical (unpaired) electrons. The number of nitrogens with zero attached hydrogens (tertiary/aromatic N) is 2. The number of benzene rings is 2. The van der Waals surface area contributed by atoms with Gasteiger partial charge in [-0.05, 0) is 85.5 Å². The number of aromatic nitrogens is 1. The van der Waals surface area contributed by atoms with E-state index in [-0.39, 0.29) is 0 Å². The highest BCUT2D eigenvalue weighted by Gasteiger charge is 2.27. The molecule has 2 heterocycles. The largest absolute Gasteiger partial charge is 0.508 e. The maximum absolute atomic E-state index is 9.86. The Morgan fingerprint density at radius 1 is 1.10 bits per heavy atom. The Bertz CT molecular complexity index is 990. The summed E-state index contributed by atoms with van der Waals surface area (Å²) in [7, 11) is 0. The number of phenols is 1. The fourth-order valence-corrected chi connectivity index (χ4v) is 5.38. The van der Waals surface area contributed by atoms with Crippen LogP contribution in [0.25, 0.3) is 10.9 Å². The van der Waals surface area contributed by atoms with Crippen molar-refractivity contribution < 1.29 is 5.11 Å². The van der Waals surface area contributed by atoms with Crippen molar-refractivity contribution in [1.29, 1.82) is 0 Å². The van der Waals surface area contributed by atoms with E-state index >= 15 is 0 Å². The molecular formula is C26H31BrN2O. The van der Waals surface area contributed by atoms with Crippen LogP contribution in [-0.2, 0) is 13.0 Å². The zero-order chi connectivity index (χ0) is 20.9. The van der Waals surface area contributed by atoms with Gasteiger partial charge >= 0.3 is 0 Å². The number of fused-ring (bicyclic) bond motifs is 1. The number of hydrogen-bond acceptors (Lipinski definition) is 3. The summed E-state index contributed by atoms with van der Waals surface area (Å²) in [5.74, 6) is 1.91. The average molecular weight is 467 g/mol. The first-order valence-corrected chi connectivity index (χ1v) is 12.0. The van der Waals surface area contributed by atoms with Gasteiger partial charge in [-0.15, -0.1) is 0 Å². The summed E-state index contributed by atoms with van der Waals surface area (Å²) in [6, 6.07) is 16.2. The molecule has 1 N–H and O–H groups in total. The lowest BCUT2D eigenvalue weighted by atomic mass is 9.80. The maximum Gasteiger partial charge on any atom is 0.116 e. The van der Waals surface area contributed by atoms with E-state index in [4.69, 9.17) is 0 Å². The molecule has 1 saturated heterocycles. The fraction of sp³-hybridized carbons (Fsp3) is 0.423. The SMILES string of the molecule is CC[C@H]1CN(Cc2ccccc2Br)CC[C@H]1CCCc1ccnc2ccc(O)cc12. The molecule has 0 saturated carbocycles. The third-order valence-electron chi connectivity index (χ3n) is 6.69. The van der Waals surface area contributed by atoms with E-state index in [9.17, 15) is 5.11 Å². The van der Waals surface area contributed by atoms with Gasteiger partial charge in [-0.25, -0.2) is 0 Å². The topological polar surface area (TPSA) is 36.4 Å². The second kappa shape index (κ2) is 9.93. The van der Waals surface area contributed by atoms with Gasteiger partial charge in [0.05, 0.1) is 5.52 Å². The van der Waals surface area contributed by atoms with Crippen LogP contribution in [0.1, 0.15) is 43.7 Å². The van der Waals surface area contributed by atoms with E-state index < -0.39 is 0 Å². The highest BCUT2D eigenvalue weighted by atomic mass is 79.9. The molecule has 30 heavy (non-hydrogen) atoms. The van der Waals surface area contributed by atoms with Crippen LogP contribution in [0, 0.1) is 11.8 Å². The van der Waals surface area contributed by atoms with Crippen molar-refractivity contribution in [3.63, 3.8) is 0 Å². The van der Waals surface area contributed by atoms with Crippen LogP contribution in [0.5, 0.6) is 5.75 Å². The van der Waals surface area contributed by atoms with Gasteiger partial charge in [0, 0.05) is 29.1 Å². The molecule has 1 fully saturated rings. The molecule has 1 aliphatic heterocycles. The number of likely N-dealkylation sites (tertiary alicyclic amines) is 1. The van der Waals surface area contributed by atoms with Crippen LogP contribution in [0.4, 0.5) is 0 Å². The first kappa shape index (κ1) is 21.3. The number of pyridine rings is 1. The highest BCUT2D eigenvalue weighted by molar-refractivity contribution is 9.10. The van der Waals surface area contributed by atoms with Gasteiger partial charge in [0.15, 0.2) is 0 Å². The van der Waals surface area contributed by atoms with Gasteiger partial charge in [-0.3, -0.25) is 9.88 Å². The molecule has 1 aromatic heterocycles. The van der Waals surface area contributed by atoms with Crippen LogP contribution in [0.15, 0.2) is 59.2 Å². The third kappa shape index (κ3) is 5.04. The maximum atomic E-state index is 9.86. The number of halogens is 1. The lowest BCUT2D eigenvalue weighted by Crippen LogP contribution is -2.39. The summed E-state index contributed by atoms with van der Waals surface area (Å²) in [5, 5.41) is 11.0. The Hall–Kier alpha value is -1.91. The van der Waals surface area contributed by atoms with Crippen molar-refractivity contribution >= 4 is 26.8 Å². The highest BCUT2D eigenvalue weighted by Crippen LogP contribution is 2.32. The molecule has 0 bridgehead atoms. The summed E-state index contributed by atoms with van der Waals surface area (Å²) >= 11 is 3.70. The van der Waals surface area contributed by atoms with E-state index in [1.54, 1.807) is 6.07 Å². The molecule has 2 atom stereocenters. The van der Waals surface area contributed by atoms with Gasteiger partial charge in [-0.2, -0.15) is 0 Å². The summed E-state index contributed by atoms with van der Waals surface area (Å²) in [4.78, 5) is 7.06. The van der Waals surface area contributed by atoms with Crippen LogP contribution in [0.2, 0.25) is 0 Å². The number of rotatable bonds is 7. The second-order valence-electron chi connectivity index (χ2n) is 8.61. The van der Waals surface area contributed by atoms with E-state index in [0.717, 1.165) is 35.7 Å². The smallest absolute Gasteiger partial charge is 0.116 e. The van der Waals surface area contributed by atoms with Gasteiger partial charge in [-0.1, -0.05) is 47.5 Å². The molecule has 0 unspecified atom stereocenters. The minimum absolute atomic E-state index is 0.320. The summed E-state index contributed by atoms with van der Waals surface area (Å²) < 4.78 is 1.22. The summed E-state index contributed by atoms with van der Waals surface area (Å²) in [5.41, 5.74) is 3.66. The first-order valence-electron chi connectivity index (χ1n) is 11.2. The van der Waals surface area contributed by atoms with Crippen molar-refractivity contribution in [3.8, 4) is 5.75 Å². The third-order valence-corrected chi connectivity index (χ3v) is 7.46. The zero-order valence-corrected chi connectivity index (χ0v) is 19.3. The lowest BCUT2D eigenvalue weighted by Gasteiger charge is -2.38. The van der Waals surface area contributed by atoms with Crippen LogP contribution < -0.4 is 0 Å². The van der Waals surface area contributed by atoms with Crippen molar-refractivity contribution in [1.82, 2.24) is 9.88 Å². The zero-order valence-electron chi connectivity index (χ0n) is 17.7. The van der Waals surface area contributed by atoms with Crippen molar-refractivity contribution in [2.45, 2.75) is 45.6 Å². The fourth-order valence-electron chi connectivity index (χ4n) is 4.97. The van der Waals surface area contributed by atoms with E-state index in [0.29, 0.717) is 5.75 Å². The second-order valence-corrected chi connectivity index (χ2v) is 9.46. The Morgan fingerprint density at radius 2 is 1.97 bits per heavy atom. The monoisotopic (exact) mass is 466 g/mol. The normalized spacial score (nSPS) is 19.9. The van der Waals surface area contributed by atoms with Crippen LogP contribution in [-0.4, -0.2) is 28.1 Å².